The molecule has 1 aliphatic heterocycles. The molecule has 0 aromatic carbocycles. The molecule has 0 radical (unpaired) electrons. The van der Waals surface area contributed by atoms with Crippen molar-refractivity contribution in [2.24, 2.45) is 13.0 Å². The van der Waals surface area contributed by atoms with Gasteiger partial charge in [0.25, 0.3) is 5.56 Å². The highest BCUT2D eigenvalue weighted by Gasteiger charge is 2.27. The lowest BCUT2D eigenvalue weighted by molar-refractivity contribution is -0.141. The summed E-state index contributed by atoms with van der Waals surface area (Å²) in [6.45, 7) is 1.06. The number of rotatable bonds is 2. The highest BCUT2D eigenvalue weighted by molar-refractivity contribution is 6.33. The minimum Gasteiger partial charge on any atom is -0.481 e. The maximum absolute atomic E-state index is 11.7. The van der Waals surface area contributed by atoms with Gasteiger partial charge >= 0.3 is 5.97 Å². The number of hydrogen-bond acceptors (Lipinski definition) is 4. The number of nitrogens with zero attached hydrogens (tertiary/aromatic N) is 3. The van der Waals surface area contributed by atoms with Gasteiger partial charge < -0.3 is 10.0 Å². The fourth-order valence-electron chi connectivity index (χ4n) is 2.12. The van der Waals surface area contributed by atoms with E-state index in [0.717, 1.165) is 11.1 Å². The first-order valence-corrected chi connectivity index (χ1v) is 6.08. The maximum atomic E-state index is 11.7. The summed E-state index contributed by atoms with van der Waals surface area (Å²) in [5.41, 5.74) is 0.150. The zero-order valence-corrected chi connectivity index (χ0v) is 10.7. The Labute approximate surface area is 109 Å². The van der Waals surface area contributed by atoms with E-state index in [4.69, 9.17) is 16.7 Å². The predicted octanol–water partition coefficient (Wildman–Crippen LogP) is 0.735. The zero-order chi connectivity index (χ0) is 13.3. The van der Waals surface area contributed by atoms with Gasteiger partial charge in [-0.3, -0.25) is 9.59 Å². The molecular formula is C11H14ClN3O3. The van der Waals surface area contributed by atoms with Crippen molar-refractivity contribution < 1.29 is 9.90 Å². The van der Waals surface area contributed by atoms with E-state index in [1.165, 1.54) is 13.2 Å². The van der Waals surface area contributed by atoms with Gasteiger partial charge in [-0.1, -0.05) is 11.6 Å². The highest BCUT2D eigenvalue weighted by Crippen LogP contribution is 2.26. The van der Waals surface area contributed by atoms with Gasteiger partial charge in [-0.25, -0.2) is 4.68 Å². The fraction of sp³-hybridized carbons (Fsp3) is 0.545. The van der Waals surface area contributed by atoms with Crippen LogP contribution in [0.3, 0.4) is 0 Å². The first-order valence-electron chi connectivity index (χ1n) is 5.70. The van der Waals surface area contributed by atoms with Crippen LogP contribution in [0.5, 0.6) is 0 Å². The molecule has 1 atom stereocenters. The van der Waals surface area contributed by atoms with E-state index in [9.17, 15) is 9.59 Å². The van der Waals surface area contributed by atoms with Gasteiger partial charge in [0, 0.05) is 20.1 Å². The Morgan fingerprint density at radius 2 is 2.33 bits per heavy atom. The Hall–Kier alpha value is -1.56. The van der Waals surface area contributed by atoms with E-state index < -0.39 is 11.9 Å². The van der Waals surface area contributed by atoms with Gasteiger partial charge in [0.1, 0.15) is 5.02 Å². The van der Waals surface area contributed by atoms with E-state index in [1.54, 1.807) is 0 Å². The number of aryl methyl sites for hydroxylation is 1. The molecule has 1 saturated heterocycles. The van der Waals surface area contributed by atoms with Crippen molar-refractivity contribution in [1.29, 1.82) is 0 Å². The van der Waals surface area contributed by atoms with Gasteiger partial charge in [-0.05, 0) is 12.8 Å². The van der Waals surface area contributed by atoms with Crippen LogP contribution in [0, 0.1) is 5.92 Å². The number of aromatic nitrogens is 2. The van der Waals surface area contributed by atoms with Gasteiger partial charge in [0.2, 0.25) is 0 Å². The number of carboxylic acid groups (broad SMARTS) is 1. The summed E-state index contributed by atoms with van der Waals surface area (Å²) in [4.78, 5) is 24.5. The van der Waals surface area contributed by atoms with Crippen molar-refractivity contribution in [3.63, 3.8) is 0 Å². The fourth-order valence-corrected chi connectivity index (χ4v) is 2.41. The van der Waals surface area contributed by atoms with Gasteiger partial charge in [-0.2, -0.15) is 5.10 Å². The second kappa shape index (κ2) is 4.97. The molecule has 0 bridgehead atoms. The Kier molecular flexibility index (Phi) is 3.56. The first kappa shape index (κ1) is 12.9. The molecule has 6 nitrogen and oxygen atoms in total. The first-order chi connectivity index (χ1) is 8.50. The smallest absolute Gasteiger partial charge is 0.308 e. The summed E-state index contributed by atoms with van der Waals surface area (Å²) >= 11 is 6.00. The van der Waals surface area contributed by atoms with Crippen LogP contribution in [0.25, 0.3) is 0 Å². The summed E-state index contributed by atoms with van der Waals surface area (Å²) in [5.74, 6) is -1.23. The number of carbonyl (C=O) groups is 1. The topological polar surface area (TPSA) is 75.4 Å². The second-order valence-electron chi connectivity index (χ2n) is 4.40. The van der Waals surface area contributed by atoms with Crippen LogP contribution in [0.2, 0.25) is 5.02 Å². The Morgan fingerprint density at radius 3 is 3.00 bits per heavy atom. The molecule has 18 heavy (non-hydrogen) atoms. The third-order valence-corrected chi connectivity index (χ3v) is 3.53. The summed E-state index contributed by atoms with van der Waals surface area (Å²) in [7, 11) is 1.52. The van der Waals surface area contributed by atoms with Crippen molar-refractivity contribution in [1.82, 2.24) is 9.78 Å². The summed E-state index contributed by atoms with van der Waals surface area (Å²) in [6, 6.07) is 0. The molecule has 1 aromatic rings. The number of carboxylic acids is 1. The van der Waals surface area contributed by atoms with Crippen LogP contribution < -0.4 is 10.5 Å². The van der Waals surface area contributed by atoms with E-state index in [1.807, 2.05) is 4.90 Å². The molecule has 2 heterocycles. The van der Waals surface area contributed by atoms with Gasteiger partial charge in [-0.15, -0.1) is 0 Å². The second-order valence-corrected chi connectivity index (χ2v) is 4.77. The Balaban J connectivity index is 2.29. The molecule has 0 spiro atoms. The molecule has 1 fully saturated rings. The van der Waals surface area contributed by atoms with Crippen molar-refractivity contribution in [3.05, 3.63) is 21.6 Å². The molecular weight excluding hydrogens is 258 g/mol. The molecule has 7 heteroatoms. The predicted molar refractivity (Wildman–Crippen MR) is 67.1 cm³/mol. The molecule has 1 aromatic heterocycles. The van der Waals surface area contributed by atoms with Crippen LogP contribution >= 0.6 is 11.6 Å². The summed E-state index contributed by atoms with van der Waals surface area (Å²) < 4.78 is 1.16. The SMILES string of the molecule is Cn1ncc(N2CCCC(C(=O)O)C2)c(Cl)c1=O. The molecule has 1 N–H and O–H groups in total. The molecule has 2 rings (SSSR count). The minimum absolute atomic E-state index is 0.0959. The molecule has 1 aliphatic rings. The van der Waals surface area contributed by atoms with E-state index in [2.05, 4.69) is 5.10 Å². The average molecular weight is 272 g/mol. The number of anilines is 1. The quantitative estimate of drug-likeness (QED) is 0.858. The largest absolute Gasteiger partial charge is 0.481 e. The minimum atomic E-state index is -0.812. The lowest BCUT2D eigenvalue weighted by Gasteiger charge is -2.32. The van der Waals surface area contributed by atoms with Crippen molar-refractivity contribution in [2.45, 2.75) is 12.8 Å². The number of halogens is 1. The van der Waals surface area contributed by atoms with Crippen LogP contribution in [-0.2, 0) is 11.8 Å². The van der Waals surface area contributed by atoms with E-state index in [-0.39, 0.29) is 10.6 Å². The third-order valence-electron chi connectivity index (χ3n) is 3.17. The lowest BCUT2D eigenvalue weighted by Crippen LogP contribution is -2.39. The van der Waals surface area contributed by atoms with Crippen molar-refractivity contribution >= 4 is 23.3 Å². The number of aliphatic carboxylic acids is 1. The van der Waals surface area contributed by atoms with E-state index in [0.29, 0.717) is 25.2 Å². The highest BCUT2D eigenvalue weighted by atomic mass is 35.5. The number of hydrogen-bond donors (Lipinski definition) is 1. The van der Waals surface area contributed by atoms with Crippen molar-refractivity contribution in [3.8, 4) is 0 Å². The summed E-state index contributed by atoms with van der Waals surface area (Å²) in [5, 5.41) is 13.0. The molecule has 0 aliphatic carbocycles. The number of piperidine rings is 1. The van der Waals surface area contributed by atoms with E-state index >= 15 is 0 Å². The normalized spacial score (nSPS) is 19.9. The summed E-state index contributed by atoms with van der Waals surface area (Å²) in [6.07, 6.45) is 2.93. The van der Waals surface area contributed by atoms with Gasteiger partial charge in [0.15, 0.2) is 0 Å². The maximum Gasteiger partial charge on any atom is 0.308 e. The molecule has 0 saturated carbocycles. The Morgan fingerprint density at radius 1 is 1.61 bits per heavy atom. The van der Waals surface area contributed by atoms with Crippen LogP contribution in [0.15, 0.2) is 11.0 Å². The third kappa shape index (κ3) is 2.33. The molecule has 1 unspecified atom stereocenters. The standard InChI is InChI=1S/C11H14ClN3O3/c1-14-10(16)9(12)8(5-13-14)15-4-2-3-7(6-15)11(17)18/h5,7H,2-4,6H2,1H3,(H,17,18). The van der Waals surface area contributed by atoms with Crippen LogP contribution in [0.1, 0.15) is 12.8 Å². The lowest BCUT2D eigenvalue weighted by atomic mass is 9.98. The molecule has 0 amide bonds. The molecule has 98 valence electrons. The Bertz CT molecular complexity index is 529. The van der Waals surface area contributed by atoms with Crippen LogP contribution in [0.4, 0.5) is 5.69 Å². The van der Waals surface area contributed by atoms with Crippen molar-refractivity contribution in [2.75, 3.05) is 18.0 Å². The van der Waals surface area contributed by atoms with Crippen LogP contribution in [-0.4, -0.2) is 33.9 Å². The zero-order valence-electron chi connectivity index (χ0n) is 9.97. The monoisotopic (exact) mass is 271 g/mol. The average Bonchev–Trinajstić information content (AvgIpc) is 2.36. The van der Waals surface area contributed by atoms with Gasteiger partial charge in [0.05, 0.1) is 17.8 Å².